The van der Waals surface area contributed by atoms with Gasteiger partial charge in [-0.3, -0.25) is 28.7 Å². The van der Waals surface area contributed by atoms with E-state index < -0.39 is 77.7 Å². The van der Waals surface area contributed by atoms with Crippen molar-refractivity contribution >= 4 is 24.0 Å². The van der Waals surface area contributed by atoms with Gasteiger partial charge in [-0.2, -0.15) is 0 Å². The molecule has 2 fully saturated rings. The summed E-state index contributed by atoms with van der Waals surface area (Å²) in [7, 11) is 0. The highest BCUT2D eigenvalue weighted by molar-refractivity contribution is 5.69. The number of carboxylic acids is 2. The number of piperidine rings is 1. The van der Waals surface area contributed by atoms with E-state index in [1.807, 2.05) is 0 Å². The van der Waals surface area contributed by atoms with Crippen molar-refractivity contribution in [2.75, 3.05) is 19.7 Å². The van der Waals surface area contributed by atoms with E-state index in [2.05, 4.69) is 4.98 Å². The van der Waals surface area contributed by atoms with Crippen molar-refractivity contribution in [3.05, 3.63) is 32.6 Å². The molecule has 2 aliphatic heterocycles. The molecular weight excluding hydrogens is 518 g/mol. The van der Waals surface area contributed by atoms with E-state index in [1.165, 1.54) is 17.7 Å². The number of likely N-dealkylation sites (tertiary alicyclic amines) is 1. The molecule has 39 heavy (non-hydrogen) atoms. The molecule has 3 N–H and O–H groups in total. The van der Waals surface area contributed by atoms with Gasteiger partial charge in [0.05, 0.1) is 30.6 Å². The van der Waals surface area contributed by atoms with Crippen LogP contribution in [0.2, 0.25) is 0 Å². The van der Waals surface area contributed by atoms with E-state index in [-0.39, 0.29) is 18.2 Å². The van der Waals surface area contributed by atoms with Crippen LogP contribution in [0.4, 0.5) is 4.79 Å². The van der Waals surface area contributed by atoms with E-state index >= 15 is 0 Å². The smallest absolute Gasteiger partial charge is 0.410 e. The van der Waals surface area contributed by atoms with Gasteiger partial charge in [-0.25, -0.2) is 9.59 Å². The van der Waals surface area contributed by atoms with Gasteiger partial charge in [0.1, 0.15) is 12.2 Å². The second-order valence-corrected chi connectivity index (χ2v) is 10.9. The Morgan fingerprint density at radius 3 is 2.18 bits per heavy atom. The van der Waals surface area contributed by atoms with Gasteiger partial charge in [-0.05, 0) is 33.6 Å². The molecule has 2 aliphatic rings. The molecule has 0 spiro atoms. The predicted molar refractivity (Wildman–Crippen MR) is 133 cm³/mol. The Hall–Kier alpha value is -3.68. The van der Waals surface area contributed by atoms with Crippen LogP contribution in [0, 0.1) is 11.8 Å². The summed E-state index contributed by atoms with van der Waals surface area (Å²) in [4.78, 5) is 76.5. The first-order valence-corrected chi connectivity index (χ1v) is 12.7. The number of amides is 1. The molecule has 4 atom stereocenters. The van der Waals surface area contributed by atoms with E-state index in [9.17, 15) is 39.0 Å². The first-order valence-electron chi connectivity index (χ1n) is 12.7. The van der Waals surface area contributed by atoms with Gasteiger partial charge in [0, 0.05) is 44.1 Å². The van der Waals surface area contributed by atoms with Crippen molar-refractivity contribution in [2.24, 2.45) is 11.8 Å². The first-order chi connectivity index (χ1) is 18.2. The van der Waals surface area contributed by atoms with Gasteiger partial charge >= 0.3 is 29.7 Å². The number of esters is 1. The summed E-state index contributed by atoms with van der Waals surface area (Å²) in [5.74, 6) is -4.88. The number of H-pyrrole nitrogens is 1. The molecular formula is C25H35N3O11. The summed E-state index contributed by atoms with van der Waals surface area (Å²) in [5.41, 5.74) is -2.15. The monoisotopic (exact) mass is 553 g/mol. The normalized spacial score (nSPS) is 23.8. The summed E-state index contributed by atoms with van der Waals surface area (Å²) in [6.45, 7) is 6.77. The molecule has 2 saturated heterocycles. The third-order valence-electron chi connectivity index (χ3n) is 6.82. The summed E-state index contributed by atoms with van der Waals surface area (Å²) < 4.78 is 17.7. The van der Waals surface area contributed by atoms with Crippen LogP contribution < -0.4 is 11.2 Å². The molecule has 14 heteroatoms. The molecule has 0 saturated carbocycles. The molecule has 0 aliphatic carbocycles. The molecule has 3 heterocycles. The van der Waals surface area contributed by atoms with Crippen molar-refractivity contribution in [3.8, 4) is 0 Å². The predicted octanol–water partition coefficient (Wildman–Crippen LogP) is 1.29. The van der Waals surface area contributed by atoms with Crippen LogP contribution in [0.3, 0.4) is 0 Å². The number of hydrogen-bond acceptors (Lipinski definition) is 9. The number of hydrogen-bond donors (Lipinski definition) is 3. The van der Waals surface area contributed by atoms with Gasteiger partial charge in [0.2, 0.25) is 0 Å². The number of carbonyl (C=O) groups is 4. The second-order valence-electron chi connectivity index (χ2n) is 10.9. The van der Waals surface area contributed by atoms with Crippen molar-refractivity contribution in [1.29, 1.82) is 0 Å². The van der Waals surface area contributed by atoms with Crippen LogP contribution in [-0.4, -0.2) is 80.1 Å². The number of rotatable bonds is 8. The second kappa shape index (κ2) is 12.0. The van der Waals surface area contributed by atoms with Crippen LogP contribution in [0.5, 0.6) is 0 Å². The maximum Gasteiger partial charge on any atom is 0.410 e. The molecule has 0 bridgehead atoms. The number of nitrogens with zero attached hydrogens (tertiary/aromatic N) is 2. The number of aliphatic carboxylic acids is 2. The van der Waals surface area contributed by atoms with Crippen LogP contribution in [-0.2, 0) is 28.6 Å². The van der Waals surface area contributed by atoms with Crippen molar-refractivity contribution in [2.45, 2.75) is 77.2 Å². The molecule has 1 aromatic rings. The largest absolute Gasteiger partial charge is 0.481 e. The lowest BCUT2D eigenvalue weighted by Crippen LogP contribution is -2.44. The summed E-state index contributed by atoms with van der Waals surface area (Å²) in [6.07, 6.45) is -1.47. The summed E-state index contributed by atoms with van der Waals surface area (Å²) in [5, 5.41) is 19.0. The molecule has 3 rings (SSSR count). The summed E-state index contributed by atoms with van der Waals surface area (Å²) >= 11 is 0. The third-order valence-corrected chi connectivity index (χ3v) is 6.82. The number of ether oxygens (including phenoxy) is 3. The van der Waals surface area contributed by atoms with Gasteiger partial charge in [-0.15, -0.1) is 0 Å². The molecule has 0 unspecified atom stereocenters. The van der Waals surface area contributed by atoms with Crippen LogP contribution in [0.15, 0.2) is 15.8 Å². The zero-order valence-corrected chi connectivity index (χ0v) is 22.4. The van der Waals surface area contributed by atoms with Gasteiger partial charge < -0.3 is 29.3 Å². The molecule has 0 radical (unpaired) electrons. The highest BCUT2D eigenvalue weighted by Crippen LogP contribution is 2.45. The van der Waals surface area contributed by atoms with Crippen LogP contribution >= 0.6 is 0 Å². The maximum atomic E-state index is 12.9. The van der Waals surface area contributed by atoms with E-state index in [4.69, 9.17) is 14.2 Å². The van der Waals surface area contributed by atoms with Crippen LogP contribution in [0.25, 0.3) is 0 Å². The third kappa shape index (κ3) is 7.68. The highest BCUT2D eigenvalue weighted by Gasteiger charge is 2.48. The van der Waals surface area contributed by atoms with Gasteiger partial charge in [-0.1, -0.05) is 0 Å². The van der Waals surface area contributed by atoms with Crippen molar-refractivity contribution in [3.63, 3.8) is 0 Å². The number of carbonyl (C=O) groups excluding carboxylic acids is 2. The van der Waals surface area contributed by atoms with Gasteiger partial charge in [0.15, 0.2) is 0 Å². The Morgan fingerprint density at radius 1 is 1.05 bits per heavy atom. The fourth-order valence-corrected chi connectivity index (χ4v) is 5.13. The molecule has 216 valence electrons. The molecule has 1 amide bonds. The zero-order chi connectivity index (χ0) is 29.1. The first kappa shape index (κ1) is 29.9. The number of aromatic amines is 1. The Bertz CT molecular complexity index is 1210. The minimum absolute atomic E-state index is 0.0314. The highest BCUT2D eigenvalue weighted by atomic mass is 16.6. The molecule has 14 nitrogen and oxygen atoms in total. The van der Waals surface area contributed by atoms with E-state index in [1.54, 1.807) is 25.7 Å². The Balaban J connectivity index is 1.90. The minimum atomic E-state index is -1.23. The fraction of sp³-hybridized carbons (Fsp3) is 0.680. The van der Waals surface area contributed by atoms with Crippen LogP contribution in [0.1, 0.15) is 71.1 Å². The minimum Gasteiger partial charge on any atom is -0.481 e. The van der Waals surface area contributed by atoms with E-state index in [0.717, 1.165) is 0 Å². The Morgan fingerprint density at radius 2 is 1.64 bits per heavy atom. The molecule has 1 aromatic heterocycles. The van der Waals surface area contributed by atoms with Crippen molar-refractivity contribution < 1.29 is 43.6 Å². The lowest BCUT2D eigenvalue weighted by atomic mass is 9.81. The number of carboxylic acid groups (broad SMARTS) is 2. The number of nitrogens with one attached hydrogen (secondary N) is 1. The molecule has 0 aromatic carbocycles. The zero-order valence-electron chi connectivity index (χ0n) is 22.4. The average molecular weight is 554 g/mol. The van der Waals surface area contributed by atoms with E-state index in [0.29, 0.717) is 25.9 Å². The fourth-order valence-electron chi connectivity index (χ4n) is 5.13. The Kier molecular flexibility index (Phi) is 9.20. The number of aromatic nitrogens is 2. The lowest BCUT2D eigenvalue weighted by Gasteiger charge is -2.34. The van der Waals surface area contributed by atoms with Gasteiger partial charge in [0.25, 0.3) is 5.56 Å². The quantitative estimate of drug-likeness (QED) is 0.393. The lowest BCUT2D eigenvalue weighted by molar-refractivity contribution is -0.146. The SMILES string of the molecule is CC(=O)OC[C@H]1O[C@@H](c2cn(C3CCN(C(=O)OC(C)(C)C)CC3)c(=O)[nH]c2=O)[C@@H](CC(=O)O)[C@H]1CC(=O)O. The average Bonchev–Trinajstić information content (AvgIpc) is 3.12. The Labute approximate surface area is 223 Å². The topological polar surface area (TPSA) is 195 Å². The maximum absolute atomic E-state index is 12.9. The summed E-state index contributed by atoms with van der Waals surface area (Å²) in [6, 6.07) is -0.377. The van der Waals surface area contributed by atoms with Crippen molar-refractivity contribution in [1.82, 2.24) is 14.5 Å². The standard InChI is InChI=1S/C25H35N3O11/c1-13(29)37-12-18-15(9-19(30)31)16(10-20(32)33)21(38-18)17-11-28(23(35)26-22(17)34)14-5-7-27(8-6-14)24(36)39-25(2,3)4/h11,14-16,18,21H,5-10,12H2,1-4H3,(H,30,31)(H,32,33)(H,26,34,35)/t15-,16+,18-,21-/m1/s1.